The van der Waals surface area contributed by atoms with Gasteiger partial charge in [0.1, 0.15) is 5.75 Å². The van der Waals surface area contributed by atoms with Crippen molar-refractivity contribution in [2.24, 2.45) is 0 Å². The maximum absolute atomic E-state index is 12.3. The molecule has 5 nitrogen and oxygen atoms in total. The van der Waals surface area contributed by atoms with Crippen LogP contribution in [0.2, 0.25) is 0 Å². The van der Waals surface area contributed by atoms with Crippen LogP contribution in [0, 0.1) is 0 Å². The van der Waals surface area contributed by atoms with Gasteiger partial charge in [0, 0.05) is 29.2 Å². The molecule has 1 amide bonds. The number of amides is 1. The second-order valence-corrected chi connectivity index (χ2v) is 6.69. The van der Waals surface area contributed by atoms with Gasteiger partial charge in [0.25, 0.3) is 5.91 Å². The molecule has 0 spiro atoms. The number of methoxy groups -OCH3 is 2. The highest BCUT2D eigenvalue weighted by Crippen LogP contribution is 2.28. The van der Waals surface area contributed by atoms with Crippen molar-refractivity contribution in [3.8, 4) is 22.1 Å². The van der Waals surface area contributed by atoms with Crippen LogP contribution >= 0.6 is 11.3 Å². The van der Waals surface area contributed by atoms with Gasteiger partial charge in [0.05, 0.1) is 19.1 Å². The van der Waals surface area contributed by atoms with Gasteiger partial charge in [-0.15, -0.1) is 11.3 Å². The normalized spacial score (nSPS) is 10.4. The zero-order valence-electron chi connectivity index (χ0n) is 14.7. The number of thiophene rings is 1. The number of nitrogens with zero attached hydrogens (tertiary/aromatic N) is 1. The third-order valence-corrected chi connectivity index (χ3v) is 5.05. The van der Waals surface area contributed by atoms with Gasteiger partial charge < -0.3 is 14.8 Å². The van der Waals surface area contributed by atoms with Crippen LogP contribution in [0.25, 0.3) is 10.4 Å². The SMILES string of the molecule is COc1ccc(CCNC(=O)c2ccc(-c3ccc(OC)nc3)s2)cc1. The van der Waals surface area contributed by atoms with Gasteiger partial charge in [-0.2, -0.15) is 0 Å². The Morgan fingerprint density at radius 3 is 2.50 bits per heavy atom. The summed E-state index contributed by atoms with van der Waals surface area (Å²) in [6.45, 7) is 0.586. The Morgan fingerprint density at radius 2 is 1.85 bits per heavy atom. The van der Waals surface area contributed by atoms with Gasteiger partial charge in [-0.05, 0) is 42.3 Å². The summed E-state index contributed by atoms with van der Waals surface area (Å²) in [5, 5.41) is 2.96. The van der Waals surface area contributed by atoms with Gasteiger partial charge in [0.2, 0.25) is 5.88 Å². The Balaban J connectivity index is 1.55. The highest BCUT2D eigenvalue weighted by Gasteiger charge is 2.10. The van der Waals surface area contributed by atoms with Crippen molar-refractivity contribution in [1.29, 1.82) is 0 Å². The Hall–Kier alpha value is -2.86. The number of benzene rings is 1. The van der Waals surface area contributed by atoms with Gasteiger partial charge in [0.15, 0.2) is 0 Å². The van der Waals surface area contributed by atoms with Gasteiger partial charge >= 0.3 is 0 Å². The summed E-state index contributed by atoms with van der Waals surface area (Å²) >= 11 is 1.45. The fraction of sp³-hybridized carbons (Fsp3) is 0.200. The molecule has 3 rings (SSSR count). The smallest absolute Gasteiger partial charge is 0.261 e. The largest absolute Gasteiger partial charge is 0.497 e. The fourth-order valence-electron chi connectivity index (χ4n) is 2.46. The highest BCUT2D eigenvalue weighted by molar-refractivity contribution is 7.17. The summed E-state index contributed by atoms with van der Waals surface area (Å²) in [5.41, 5.74) is 2.12. The molecular weight excluding hydrogens is 348 g/mol. The van der Waals surface area contributed by atoms with E-state index >= 15 is 0 Å². The molecule has 0 aliphatic rings. The molecule has 3 aromatic rings. The van der Waals surface area contributed by atoms with E-state index in [1.54, 1.807) is 20.4 Å². The molecule has 134 valence electrons. The van der Waals surface area contributed by atoms with Crippen molar-refractivity contribution in [3.05, 3.63) is 65.2 Å². The molecule has 0 aliphatic carbocycles. The topological polar surface area (TPSA) is 60.5 Å². The van der Waals surface area contributed by atoms with Gasteiger partial charge in [-0.25, -0.2) is 4.98 Å². The third-order valence-electron chi connectivity index (χ3n) is 3.92. The first-order chi connectivity index (χ1) is 12.7. The Bertz CT molecular complexity index is 858. The first-order valence-electron chi connectivity index (χ1n) is 8.21. The lowest BCUT2D eigenvalue weighted by Gasteiger charge is -2.05. The van der Waals surface area contributed by atoms with E-state index < -0.39 is 0 Å². The van der Waals surface area contributed by atoms with Crippen molar-refractivity contribution in [2.75, 3.05) is 20.8 Å². The fourth-order valence-corrected chi connectivity index (χ4v) is 3.37. The lowest BCUT2D eigenvalue weighted by atomic mass is 10.1. The zero-order chi connectivity index (χ0) is 18.4. The molecule has 2 heterocycles. The predicted octanol–water partition coefficient (Wildman–Crippen LogP) is 3.80. The number of rotatable bonds is 7. The van der Waals surface area contributed by atoms with Gasteiger partial charge in [-0.3, -0.25) is 4.79 Å². The maximum atomic E-state index is 12.3. The third kappa shape index (κ3) is 4.40. The van der Waals surface area contributed by atoms with Crippen molar-refractivity contribution >= 4 is 17.2 Å². The number of aromatic nitrogens is 1. The number of hydrogen-bond donors (Lipinski definition) is 1. The molecule has 0 aliphatic heterocycles. The van der Waals surface area contributed by atoms with E-state index in [0.29, 0.717) is 17.3 Å². The first-order valence-corrected chi connectivity index (χ1v) is 9.02. The molecule has 0 saturated heterocycles. The van der Waals surface area contributed by atoms with Crippen LogP contribution in [-0.4, -0.2) is 31.7 Å². The van der Waals surface area contributed by atoms with E-state index in [-0.39, 0.29) is 5.91 Å². The van der Waals surface area contributed by atoms with Crippen LogP contribution in [0.3, 0.4) is 0 Å². The lowest BCUT2D eigenvalue weighted by molar-refractivity contribution is 0.0958. The van der Waals surface area contributed by atoms with Crippen LogP contribution < -0.4 is 14.8 Å². The van der Waals surface area contributed by atoms with E-state index in [4.69, 9.17) is 9.47 Å². The van der Waals surface area contributed by atoms with Crippen molar-refractivity contribution in [1.82, 2.24) is 10.3 Å². The molecule has 2 aromatic heterocycles. The number of ether oxygens (including phenoxy) is 2. The molecule has 0 atom stereocenters. The summed E-state index contributed by atoms with van der Waals surface area (Å²) < 4.78 is 10.2. The number of pyridine rings is 1. The molecule has 0 bridgehead atoms. The van der Waals surface area contributed by atoms with E-state index in [1.165, 1.54) is 11.3 Å². The van der Waals surface area contributed by atoms with E-state index in [9.17, 15) is 4.79 Å². The summed E-state index contributed by atoms with van der Waals surface area (Å²) in [7, 11) is 3.23. The lowest BCUT2D eigenvalue weighted by Crippen LogP contribution is -2.24. The number of nitrogens with one attached hydrogen (secondary N) is 1. The monoisotopic (exact) mass is 368 g/mol. The minimum Gasteiger partial charge on any atom is -0.497 e. The molecule has 0 saturated carbocycles. The molecular formula is C20H20N2O3S. The molecule has 26 heavy (non-hydrogen) atoms. The summed E-state index contributed by atoms with van der Waals surface area (Å²) in [6, 6.07) is 15.4. The predicted molar refractivity (Wildman–Crippen MR) is 103 cm³/mol. The molecule has 1 aromatic carbocycles. The average Bonchev–Trinajstić information content (AvgIpc) is 3.19. The Morgan fingerprint density at radius 1 is 1.04 bits per heavy atom. The number of carbonyl (C=O) groups is 1. The molecule has 6 heteroatoms. The van der Waals surface area contributed by atoms with Crippen LogP contribution in [-0.2, 0) is 6.42 Å². The maximum Gasteiger partial charge on any atom is 0.261 e. The average molecular weight is 368 g/mol. The van der Waals surface area contributed by atoms with Crippen LogP contribution in [0.15, 0.2) is 54.7 Å². The molecule has 0 unspecified atom stereocenters. The van der Waals surface area contributed by atoms with Crippen LogP contribution in [0.1, 0.15) is 15.2 Å². The minimum atomic E-state index is -0.0590. The first kappa shape index (κ1) is 17.9. The standard InChI is InChI=1S/C20H20N2O3S/c1-24-16-6-3-14(4-7-16)11-12-21-20(23)18-9-8-17(26-18)15-5-10-19(25-2)22-13-15/h3-10,13H,11-12H2,1-2H3,(H,21,23). The van der Waals surface area contributed by atoms with Crippen LogP contribution in [0.4, 0.5) is 0 Å². The number of carbonyl (C=O) groups excluding carboxylic acids is 1. The van der Waals surface area contributed by atoms with Crippen molar-refractivity contribution < 1.29 is 14.3 Å². The Labute approximate surface area is 156 Å². The van der Waals surface area contributed by atoms with E-state index in [0.717, 1.165) is 28.2 Å². The second-order valence-electron chi connectivity index (χ2n) is 5.61. The number of hydrogen-bond acceptors (Lipinski definition) is 5. The summed E-state index contributed by atoms with van der Waals surface area (Å²) in [6.07, 6.45) is 2.52. The molecule has 1 N–H and O–H groups in total. The van der Waals surface area contributed by atoms with Crippen molar-refractivity contribution in [2.45, 2.75) is 6.42 Å². The molecule has 0 radical (unpaired) electrons. The van der Waals surface area contributed by atoms with Crippen LogP contribution in [0.5, 0.6) is 11.6 Å². The summed E-state index contributed by atoms with van der Waals surface area (Å²) in [5.74, 6) is 1.34. The second kappa shape index (κ2) is 8.49. The minimum absolute atomic E-state index is 0.0590. The van der Waals surface area contributed by atoms with E-state index in [2.05, 4.69) is 10.3 Å². The van der Waals surface area contributed by atoms with E-state index in [1.807, 2.05) is 48.5 Å². The molecule has 0 fully saturated rings. The quantitative estimate of drug-likeness (QED) is 0.689. The highest BCUT2D eigenvalue weighted by atomic mass is 32.1. The Kier molecular flexibility index (Phi) is 5.86. The van der Waals surface area contributed by atoms with Crippen molar-refractivity contribution in [3.63, 3.8) is 0 Å². The van der Waals surface area contributed by atoms with Gasteiger partial charge in [-0.1, -0.05) is 12.1 Å². The zero-order valence-corrected chi connectivity index (χ0v) is 15.5. The summed E-state index contributed by atoms with van der Waals surface area (Å²) in [4.78, 5) is 18.2.